The quantitative estimate of drug-likeness (QED) is 0.607. The number of aromatic nitrogens is 1. The van der Waals surface area contributed by atoms with Crippen LogP contribution in [0.1, 0.15) is 17.3 Å². The number of nitrogens with zero attached hydrogens (tertiary/aromatic N) is 2. The molecule has 104 valence electrons. The maximum absolute atomic E-state index is 12.0. The summed E-state index contributed by atoms with van der Waals surface area (Å²) in [5.41, 5.74) is -0.287. The highest BCUT2D eigenvalue weighted by atomic mass is 32.2. The highest BCUT2D eigenvalue weighted by Gasteiger charge is 2.22. The first-order chi connectivity index (χ1) is 8.99. The van der Waals surface area contributed by atoms with Gasteiger partial charge in [0.2, 0.25) is 0 Å². The number of thioether (sulfide) groups is 1. The van der Waals surface area contributed by atoms with E-state index in [-0.39, 0.29) is 17.3 Å². The Kier molecular flexibility index (Phi) is 5.56. The number of hydrogen-bond acceptors (Lipinski definition) is 6. The predicted octanol–water partition coefficient (Wildman–Crippen LogP) is 1.51. The van der Waals surface area contributed by atoms with Crippen molar-refractivity contribution in [2.24, 2.45) is 0 Å². The van der Waals surface area contributed by atoms with E-state index in [2.05, 4.69) is 15.6 Å². The minimum absolute atomic E-state index is 0.0114. The van der Waals surface area contributed by atoms with E-state index in [4.69, 9.17) is 0 Å². The summed E-state index contributed by atoms with van der Waals surface area (Å²) < 4.78 is 0. The molecule has 7 nitrogen and oxygen atoms in total. The van der Waals surface area contributed by atoms with Gasteiger partial charge >= 0.3 is 0 Å². The molecule has 1 atom stereocenters. The second-order valence-electron chi connectivity index (χ2n) is 3.92. The van der Waals surface area contributed by atoms with Gasteiger partial charge in [-0.25, -0.2) is 4.98 Å². The zero-order valence-corrected chi connectivity index (χ0v) is 11.8. The molecule has 1 aromatic heterocycles. The van der Waals surface area contributed by atoms with E-state index in [0.29, 0.717) is 5.82 Å². The number of rotatable bonds is 6. The molecule has 8 heteroatoms. The fraction of sp³-hybridized carbons (Fsp3) is 0.455. The van der Waals surface area contributed by atoms with E-state index in [1.165, 1.54) is 6.07 Å². The minimum Gasteiger partial charge on any atom is -0.373 e. The number of anilines is 1. The van der Waals surface area contributed by atoms with Gasteiger partial charge in [0.15, 0.2) is 0 Å². The Balaban J connectivity index is 3.02. The summed E-state index contributed by atoms with van der Waals surface area (Å²) in [4.78, 5) is 26.2. The van der Waals surface area contributed by atoms with Crippen molar-refractivity contribution in [2.45, 2.75) is 13.0 Å². The van der Waals surface area contributed by atoms with Crippen molar-refractivity contribution in [1.29, 1.82) is 0 Å². The summed E-state index contributed by atoms with van der Waals surface area (Å²) in [6.07, 6.45) is 3.01. The average Bonchev–Trinajstić information content (AvgIpc) is 2.37. The van der Waals surface area contributed by atoms with Gasteiger partial charge in [-0.15, -0.1) is 0 Å². The summed E-state index contributed by atoms with van der Waals surface area (Å²) in [5, 5.41) is 16.4. The molecule has 19 heavy (non-hydrogen) atoms. The van der Waals surface area contributed by atoms with Gasteiger partial charge in [0.05, 0.1) is 4.92 Å². The average molecular weight is 284 g/mol. The van der Waals surface area contributed by atoms with Crippen molar-refractivity contribution in [3.05, 3.63) is 27.9 Å². The van der Waals surface area contributed by atoms with Crippen LogP contribution in [0.5, 0.6) is 0 Å². The molecule has 0 saturated heterocycles. The van der Waals surface area contributed by atoms with Crippen LogP contribution >= 0.6 is 11.8 Å². The van der Waals surface area contributed by atoms with Crippen LogP contribution in [0.25, 0.3) is 0 Å². The first-order valence-corrected chi connectivity index (χ1v) is 7.01. The molecule has 0 aliphatic heterocycles. The zero-order chi connectivity index (χ0) is 14.4. The van der Waals surface area contributed by atoms with Gasteiger partial charge < -0.3 is 10.6 Å². The lowest BCUT2D eigenvalue weighted by Gasteiger charge is -2.12. The van der Waals surface area contributed by atoms with E-state index < -0.39 is 10.8 Å². The molecule has 0 bridgehead atoms. The van der Waals surface area contributed by atoms with Crippen LogP contribution < -0.4 is 10.6 Å². The fourth-order valence-corrected chi connectivity index (χ4v) is 2.09. The number of amides is 1. The van der Waals surface area contributed by atoms with Gasteiger partial charge in [-0.1, -0.05) is 0 Å². The van der Waals surface area contributed by atoms with Crippen molar-refractivity contribution in [3.63, 3.8) is 0 Å². The lowest BCUT2D eigenvalue weighted by atomic mass is 10.2. The molecule has 0 spiro atoms. The Hall–Kier alpha value is -1.83. The molecule has 0 aliphatic rings. The largest absolute Gasteiger partial charge is 0.373 e. The van der Waals surface area contributed by atoms with E-state index in [9.17, 15) is 14.9 Å². The van der Waals surface area contributed by atoms with Crippen LogP contribution in [-0.4, -0.2) is 40.9 Å². The normalized spacial score (nSPS) is 11.7. The smallest absolute Gasteiger partial charge is 0.300 e. The van der Waals surface area contributed by atoms with Crippen LogP contribution in [0.4, 0.5) is 11.5 Å². The first-order valence-electron chi connectivity index (χ1n) is 5.61. The Morgan fingerprint density at radius 3 is 2.84 bits per heavy atom. The monoisotopic (exact) mass is 284 g/mol. The summed E-state index contributed by atoms with van der Waals surface area (Å²) in [5.74, 6) is 0.684. The predicted molar refractivity (Wildman–Crippen MR) is 75.7 cm³/mol. The van der Waals surface area contributed by atoms with Crippen LogP contribution in [0.2, 0.25) is 0 Å². The summed E-state index contributed by atoms with van der Waals surface area (Å²) >= 11 is 1.59. The van der Waals surface area contributed by atoms with Gasteiger partial charge in [0, 0.05) is 24.9 Å². The molecule has 0 radical (unpaired) electrons. The molecule has 1 amide bonds. The van der Waals surface area contributed by atoms with E-state index >= 15 is 0 Å². The molecule has 0 fully saturated rings. The second kappa shape index (κ2) is 6.93. The number of carbonyl (C=O) groups excluding carboxylic acids is 1. The van der Waals surface area contributed by atoms with E-state index in [0.717, 1.165) is 11.9 Å². The molecule has 0 aliphatic carbocycles. The number of carbonyl (C=O) groups is 1. The Morgan fingerprint density at radius 2 is 2.32 bits per heavy atom. The van der Waals surface area contributed by atoms with Crippen molar-refractivity contribution in [1.82, 2.24) is 10.3 Å². The van der Waals surface area contributed by atoms with Gasteiger partial charge in [-0.05, 0) is 13.2 Å². The van der Waals surface area contributed by atoms with Gasteiger partial charge in [0.25, 0.3) is 11.6 Å². The Bertz CT molecular complexity index is 481. The van der Waals surface area contributed by atoms with Crippen molar-refractivity contribution < 1.29 is 9.72 Å². The molecule has 1 heterocycles. The SMILES string of the molecule is CNc1cc(C(=O)NC(C)CSC)c([N+](=O)[O-])cn1. The van der Waals surface area contributed by atoms with Crippen molar-refractivity contribution >= 4 is 29.2 Å². The summed E-state index contributed by atoms with van der Waals surface area (Å²) in [7, 11) is 1.63. The number of hydrogen-bond donors (Lipinski definition) is 2. The van der Waals surface area contributed by atoms with Gasteiger partial charge in [-0.3, -0.25) is 14.9 Å². The van der Waals surface area contributed by atoms with E-state index in [1.54, 1.807) is 18.8 Å². The third kappa shape index (κ3) is 4.09. The van der Waals surface area contributed by atoms with Crippen LogP contribution in [0, 0.1) is 10.1 Å². The van der Waals surface area contributed by atoms with E-state index in [1.807, 2.05) is 13.2 Å². The maximum atomic E-state index is 12.0. The number of nitro groups is 1. The Morgan fingerprint density at radius 1 is 1.63 bits per heavy atom. The molecule has 1 unspecified atom stereocenters. The molecule has 2 N–H and O–H groups in total. The highest BCUT2D eigenvalue weighted by Crippen LogP contribution is 2.20. The topological polar surface area (TPSA) is 97.2 Å². The lowest BCUT2D eigenvalue weighted by molar-refractivity contribution is -0.385. The van der Waals surface area contributed by atoms with Crippen molar-refractivity contribution in [2.75, 3.05) is 24.4 Å². The van der Waals surface area contributed by atoms with Crippen LogP contribution in [0.3, 0.4) is 0 Å². The third-order valence-electron chi connectivity index (χ3n) is 2.37. The lowest BCUT2D eigenvalue weighted by Crippen LogP contribution is -2.34. The minimum atomic E-state index is -0.611. The molecule has 0 aromatic carbocycles. The van der Waals surface area contributed by atoms with Crippen LogP contribution in [-0.2, 0) is 0 Å². The highest BCUT2D eigenvalue weighted by molar-refractivity contribution is 7.98. The molecule has 0 saturated carbocycles. The standard InChI is InChI=1S/C11H16N4O3S/c1-7(6-19-3)14-11(16)8-4-10(12-2)13-5-9(8)15(17)18/h4-5,7H,6H2,1-3H3,(H,12,13)(H,14,16). The van der Waals surface area contributed by atoms with Gasteiger partial charge in [0.1, 0.15) is 17.6 Å². The molecule has 1 rings (SSSR count). The summed E-state index contributed by atoms with van der Waals surface area (Å²) in [6, 6.07) is 1.31. The molecular formula is C11H16N4O3S. The number of nitrogens with one attached hydrogen (secondary N) is 2. The second-order valence-corrected chi connectivity index (χ2v) is 4.83. The van der Waals surface area contributed by atoms with Crippen molar-refractivity contribution in [3.8, 4) is 0 Å². The molecule has 1 aromatic rings. The Labute approximate surface area is 115 Å². The summed E-state index contributed by atoms with van der Waals surface area (Å²) in [6.45, 7) is 1.85. The zero-order valence-electron chi connectivity index (χ0n) is 11.0. The fourth-order valence-electron chi connectivity index (χ4n) is 1.51. The van der Waals surface area contributed by atoms with Gasteiger partial charge in [-0.2, -0.15) is 11.8 Å². The maximum Gasteiger partial charge on any atom is 0.300 e. The number of pyridine rings is 1. The van der Waals surface area contributed by atoms with Crippen LogP contribution in [0.15, 0.2) is 12.3 Å². The first kappa shape index (κ1) is 15.2. The third-order valence-corrected chi connectivity index (χ3v) is 3.21. The molecular weight excluding hydrogens is 268 g/mol.